The Hall–Kier alpha value is -2.52. The molecule has 2 N–H and O–H groups in total. The summed E-state index contributed by atoms with van der Waals surface area (Å²) in [6.45, 7) is 4.24. The molecule has 0 spiro atoms. The fourth-order valence-corrected chi connectivity index (χ4v) is 4.63. The number of carbonyl (C=O) groups excluding carboxylic acids is 1. The first-order valence-electron chi connectivity index (χ1n) is 9.38. The zero-order valence-electron chi connectivity index (χ0n) is 15.8. The number of aliphatic imine (C=N–C) groups is 2. The summed E-state index contributed by atoms with van der Waals surface area (Å²) in [5, 5.41) is 1.99. The minimum atomic E-state index is -4.42. The number of H-pyrrole nitrogens is 1. The number of nitrogens with one attached hydrogen (secondary N) is 2. The van der Waals surface area contributed by atoms with Crippen molar-refractivity contribution in [3.63, 3.8) is 0 Å². The Labute approximate surface area is 160 Å². The molecule has 1 aromatic rings. The predicted octanol–water partition coefficient (Wildman–Crippen LogP) is 2.94. The van der Waals surface area contributed by atoms with Gasteiger partial charge < -0.3 is 20.1 Å². The first-order valence-corrected chi connectivity index (χ1v) is 9.38. The Bertz CT molecular complexity index is 832. The number of urea groups is 1. The zero-order chi connectivity index (χ0) is 20.1. The maximum atomic E-state index is 12.5. The molecule has 1 saturated heterocycles. The van der Waals surface area contributed by atoms with Crippen molar-refractivity contribution in [1.29, 1.82) is 0 Å². The summed E-state index contributed by atoms with van der Waals surface area (Å²) in [6, 6.07) is 1.29. The van der Waals surface area contributed by atoms with Gasteiger partial charge in [0.15, 0.2) is 5.82 Å². The molecule has 0 bridgehead atoms. The maximum Gasteiger partial charge on any atom is 0.405 e. The number of alkyl halides is 3. The second-order valence-corrected chi connectivity index (χ2v) is 7.79. The number of likely N-dealkylation sites (tertiary alicyclic amines) is 1. The number of aromatic amines is 1. The molecule has 4 heterocycles. The molecule has 4 rings (SSSR count). The summed E-state index contributed by atoms with van der Waals surface area (Å²) in [7, 11) is 0. The number of aromatic nitrogens is 1. The first kappa shape index (κ1) is 18.8. The lowest BCUT2D eigenvalue weighted by Gasteiger charge is -2.43. The normalized spacial score (nSPS) is 29.0. The molecule has 0 radical (unpaired) electrons. The topological polar surface area (TPSA) is 76.1 Å². The number of carbonyl (C=O) groups is 1. The molecule has 2 amide bonds. The van der Waals surface area contributed by atoms with E-state index in [1.54, 1.807) is 6.21 Å². The first-order chi connectivity index (χ1) is 13.2. The summed E-state index contributed by atoms with van der Waals surface area (Å²) in [5.74, 6) is 1.80. The Kier molecular flexibility index (Phi) is 4.39. The van der Waals surface area contributed by atoms with Crippen molar-refractivity contribution in [2.75, 3.05) is 31.1 Å². The number of anilines is 1. The van der Waals surface area contributed by atoms with Crippen molar-refractivity contribution in [3.8, 4) is 0 Å². The largest absolute Gasteiger partial charge is 0.405 e. The van der Waals surface area contributed by atoms with Gasteiger partial charge in [-0.15, -0.1) is 0 Å². The van der Waals surface area contributed by atoms with Crippen LogP contribution in [-0.4, -0.2) is 65.9 Å². The van der Waals surface area contributed by atoms with Gasteiger partial charge in [0.2, 0.25) is 0 Å². The molecule has 1 aromatic heterocycles. The molecule has 152 valence electrons. The lowest BCUT2D eigenvalue weighted by molar-refractivity contribution is -0.123. The van der Waals surface area contributed by atoms with Crippen LogP contribution in [0.2, 0.25) is 0 Å². The minimum absolute atomic E-state index is 0.0737. The zero-order valence-corrected chi connectivity index (χ0v) is 15.8. The number of rotatable bonds is 3. The Morgan fingerprint density at radius 1 is 1.43 bits per heavy atom. The van der Waals surface area contributed by atoms with E-state index in [0.29, 0.717) is 19.6 Å². The highest BCUT2D eigenvalue weighted by Gasteiger charge is 2.53. The van der Waals surface area contributed by atoms with E-state index < -0.39 is 18.8 Å². The Morgan fingerprint density at radius 3 is 2.93 bits per heavy atom. The highest BCUT2D eigenvalue weighted by atomic mass is 19.4. The molecule has 3 aliphatic rings. The van der Waals surface area contributed by atoms with Gasteiger partial charge in [0, 0.05) is 25.2 Å². The Balaban J connectivity index is 1.55. The summed E-state index contributed by atoms with van der Waals surface area (Å²) in [5.41, 5.74) is 0.564. The monoisotopic (exact) mass is 396 g/mol. The van der Waals surface area contributed by atoms with Gasteiger partial charge in [-0.1, -0.05) is 13.3 Å². The van der Waals surface area contributed by atoms with E-state index in [2.05, 4.69) is 26.8 Å². The number of hydrogen-bond donors (Lipinski definition) is 2. The molecule has 0 saturated carbocycles. The molecule has 28 heavy (non-hydrogen) atoms. The average molecular weight is 396 g/mol. The van der Waals surface area contributed by atoms with Crippen LogP contribution in [0.3, 0.4) is 0 Å². The smallest absolute Gasteiger partial charge is 0.345 e. The molecule has 0 aromatic carbocycles. The van der Waals surface area contributed by atoms with Crippen LogP contribution in [0.25, 0.3) is 0 Å². The maximum absolute atomic E-state index is 12.5. The molecular formula is C18H23F3N6O. The molecule has 1 unspecified atom stereocenters. The molecule has 3 aliphatic heterocycles. The van der Waals surface area contributed by atoms with Crippen LogP contribution < -0.4 is 10.2 Å². The number of amidine groups is 1. The highest BCUT2D eigenvalue weighted by molar-refractivity contribution is 6.39. The van der Waals surface area contributed by atoms with E-state index in [1.807, 2.05) is 24.5 Å². The second kappa shape index (κ2) is 6.52. The molecule has 0 aliphatic carbocycles. The fraction of sp³-hybridized carbons (Fsp3) is 0.611. The third kappa shape index (κ3) is 3.04. The molecule has 10 heteroatoms. The van der Waals surface area contributed by atoms with E-state index in [1.165, 1.54) is 4.90 Å². The number of hydrogen-bond acceptors (Lipinski definition) is 4. The molecule has 7 nitrogen and oxygen atoms in total. The van der Waals surface area contributed by atoms with Crippen LogP contribution in [0.15, 0.2) is 22.2 Å². The van der Waals surface area contributed by atoms with Crippen LogP contribution in [0.4, 0.5) is 29.5 Å². The third-order valence-corrected chi connectivity index (χ3v) is 6.05. The van der Waals surface area contributed by atoms with Crippen LogP contribution in [0.1, 0.15) is 20.3 Å². The quantitative estimate of drug-likeness (QED) is 0.824. The van der Waals surface area contributed by atoms with Crippen LogP contribution in [0.5, 0.6) is 0 Å². The van der Waals surface area contributed by atoms with Gasteiger partial charge >= 0.3 is 12.2 Å². The molecule has 3 atom stereocenters. The van der Waals surface area contributed by atoms with Gasteiger partial charge in [-0.2, -0.15) is 13.2 Å². The summed E-state index contributed by atoms with van der Waals surface area (Å²) < 4.78 is 37.4. The molecule has 1 fully saturated rings. The van der Waals surface area contributed by atoms with Crippen molar-refractivity contribution < 1.29 is 18.0 Å². The van der Waals surface area contributed by atoms with E-state index >= 15 is 0 Å². The highest BCUT2D eigenvalue weighted by Crippen LogP contribution is 2.46. The number of fused-ring (bicyclic) bond motifs is 3. The lowest BCUT2D eigenvalue weighted by atomic mass is 9.76. The predicted molar refractivity (Wildman–Crippen MR) is 100 cm³/mol. The van der Waals surface area contributed by atoms with Crippen LogP contribution >= 0.6 is 0 Å². The van der Waals surface area contributed by atoms with E-state index in [4.69, 9.17) is 0 Å². The van der Waals surface area contributed by atoms with Gasteiger partial charge in [0.05, 0.1) is 24.0 Å². The average Bonchev–Trinajstić information content (AvgIpc) is 3.35. The summed E-state index contributed by atoms with van der Waals surface area (Å²) in [4.78, 5) is 28.1. The van der Waals surface area contributed by atoms with Gasteiger partial charge in [0.1, 0.15) is 12.4 Å². The number of halogens is 3. The lowest BCUT2D eigenvalue weighted by Crippen LogP contribution is -2.56. The Morgan fingerprint density at radius 2 is 2.21 bits per heavy atom. The van der Waals surface area contributed by atoms with Gasteiger partial charge in [-0.3, -0.25) is 4.99 Å². The number of nitrogens with zero attached hydrogens (tertiary/aromatic N) is 4. The standard InChI is InChI=1S/C18H23F3N6O/c1-3-11-7-26(16(28)25-10-18(19,20)21)8-12(11)17(2)9-24-14-6-23-15-13(27(14)17)4-5-22-15/h4-6,11-12,22H,3,7-10H2,1-2H3,(H,25,28)/t11-,12+,17?/m1/s1. The number of amides is 2. The third-order valence-electron chi connectivity index (χ3n) is 6.05. The summed E-state index contributed by atoms with van der Waals surface area (Å²) >= 11 is 0. The SMILES string of the molecule is CC[C@@H]1CN(C(=O)NCC(F)(F)F)C[C@@H]1C1(C)CN=C2C=Nc3[nH]ccc3N21. The fourth-order valence-electron chi connectivity index (χ4n) is 4.63. The van der Waals surface area contributed by atoms with Crippen LogP contribution in [0, 0.1) is 11.8 Å². The summed E-state index contributed by atoms with van der Waals surface area (Å²) in [6.07, 6.45) is -0.0299. The van der Waals surface area contributed by atoms with Crippen molar-refractivity contribution in [2.24, 2.45) is 21.8 Å². The van der Waals surface area contributed by atoms with Crippen molar-refractivity contribution in [1.82, 2.24) is 15.2 Å². The van der Waals surface area contributed by atoms with Crippen molar-refractivity contribution >= 4 is 29.6 Å². The second-order valence-electron chi connectivity index (χ2n) is 7.79. The van der Waals surface area contributed by atoms with E-state index in [9.17, 15) is 18.0 Å². The van der Waals surface area contributed by atoms with E-state index in [-0.39, 0.29) is 17.4 Å². The van der Waals surface area contributed by atoms with Crippen LogP contribution in [-0.2, 0) is 0 Å². The van der Waals surface area contributed by atoms with Gasteiger partial charge in [-0.25, -0.2) is 9.79 Å². The van der Waals surface area contributed by atoms with E-state index in [0.717, 1.165) is 23.8 Å². The molecular weight excluding hydrogens is 373 g/mol. The van der Waals surface area contributed by atoms with Crippen molar-refractivity contribution in [3.05, 3.63) is 12.3 Å². The minimum Gasteiger partial charge on any atom is -0.345 e. The van der Waals surface area contributed by atoms with Gasteiger partial charge in [-0.05, 0) is 18.9 Å². The van der Waals surface area contributed by atoms with Gasteiger partial charge in [0.25, 0.3) is 0 Å². The van der Waals surface area contributed by atoms with Crippen molar-refractivity contribution in [2.45, 2.75) is 32.0 Å².